The molecule has 5 heteroatoms. The third kappa shape index (κ3) is 3.16. The van der Waals surface area contributed by atoms with Gasteiger partial charge in [-0.05, 0) is 18.2 Å². The first-order valence-electron chi connectivity index (χ1n) is 5.61. The monoisotopic (exact) mass is 257 g/mol. The van der Waals surface area contributed by atoms with E-state index in [0.717, 1.165) is 0 Å². The van der Waals surface area contributed by atoms with E-state index < -0.39 is 11.7 Å². The minimum absolute atomic E-state index is 0.295. The molecule has 2 rings (SSSR count). The second-order valence-electron chi connectivity index (χ2n) is 3.81. The topological polar surface area (TPSA) is 67.5 Å². The summed E-state index contributed by atoms with van der Waals surface area (Å²) in [6, 6.07) is 12.8. The number of nitrogens with one attached hydrogen (secondary N) is 1. The Morgan fingerprint density at radius 2 is 1.84 bits per heavy atom. The molecule has 0 radical (unpaired) electrons. The average molecular weight is 257 g/mol. The van der Waals surface area contributed by atoms with Crippen molar-refractivity contribution in [2.75, 3.05) is 5.73 Å². The number of carbonyl (C=O) groups excluding carboxylic acids is 1. The number of nitrogens with zero attached hydrogens (tertiary/aromatic N) is 1. The summed E-state index contributed by atoms with van der Waals surface area (Å²) in [5, 5.41) is 3.70. The Bertz CT molecular complexity index is 626. The van der Waals surface area contributed by atoms with Crippen molar-refractivity contribution in [3.8, 4) is 0 Å². The number of amides is 1. The lowest BCUT2D eigenvalue weighted by atomic mass is 10.2. The molecule has 0 bridgehead atoms. The highest BCUT2D eigenvalue weighted by atomic mass is 19.1. The number of para-hydroxylation sites is 1. The van der Waals surface area contributed by atoms with Gasteiger partial charge in [0.05, 0.1) is 11.8 Å². The van der Waals surface area contributed by atoms with Crippen molar-refractivity contribution >= 4 is 17.8 Å². The highest BCUT2D eigenvalue weighted by Gasteiger charge is 2.07. The molecule has 0 unspecified atom stereocenters. The fraction of sp³-hybridized carbons (Fsp3) is 0. The van der Waals surface area contributed by atoms with Crippen LogP contribution >= 0.6 is 0 Å². The zero-order chi connectivity index (χ0) is 13.7. The first-order chi connectivity index (χ1) is 9.18. The first-order valence-corrected chi connectivity index (χ1v) is 5.61. The van der Waals surface area contributed by atoms with Gasteiger partial charge in [-0.1, -0.05) is 30.3 Å². The summed E-state index contributed by atoms with van der Waals surface area (Å²) in [5.74, 6) is -0.842. The fourth-order valence-corrected chi connectivity index (χ4v) is 1.50. The van der Waals surface area contributed by atoms with E-state index >= 15 is 0 Å². The molecule has 3 N–H and O–H groups in total. The van der Waals surface area contributed by atoms with Crippen LogP contribution in [0.2, 0.25) is 0 Å². The third-order valence-corrected chi connectivity index (χ3v) is 2.48. The molecular formula is C14H12FN3O. The maximum absolute atomic E-state index is 13.3. The summed E-state index contributed by atoms with van der Waals surface area (Å²) in [6.07, 6.45) is 1.24. The average Bonchev–Trinajstić information content (AvgIpc) is 2.41. The molecule has 0 aromatic heterocycles. The number of anilines is 1. The SMILES string of the molecule is Nc1ccccc1C(=O)N/N=C\c1ccccc1F. The highest BCUT2D eigenvalue weighted by Crippen LogP contribution is 2.09. The number of halogens is 1. The van der Waals surface area contributed by atoms with Gasteiger partial charge in [0.15, 0.2) is 0 Å². The third-order valence-electron chi connectivity index (χ3n) is 2.48. The molecule has 0 saturated heterocycles. The minimum atomic E-state index is -0.439. The zero-order valence-corrected chi connectivity index (χ0v) is 10.0. The molecular weight excluding hydrogens is 245 g/mol. The standard InChI is InChI=1S/C14H12FN3O/c15-12-7-3-1-5-10(12)9-17-18-14(19)11-6-2-4-8-13(11)16/h1-9H,16H2,(H,18,19)/b17-9-. The van der Waals surface area contributed by atoms with E-state index in [1.165, 1.54) is 12.3 Å². The lowest BCUT2D eigenvalue weighted by molar-refractivity contribution is 0.0956. The van der Waals surface area contributed by atoms with E-state index in [4.69, 9.17) is 5.73 Å². The molecule has 0 atom stereocenters. The maximum Gasteiger partial charge on any atom is 0.273 e. The summed E-state index contributed by atoms with van der Waals surface area (Å²) in [6.45, 7) is 0. The van der Waals surface area contributed by atoms with Crippen molar-refractivity contribution in [2.45, 2.75) is 0 Å². The van der Waals surface area contributed by atoms with Crippen molar-refractivity contribution in [1.29, 1.82) is 0 Å². The molecule has 19 heavy (non-hydrogen) atoms. The Morgan fingerprint density at radius 1 is 1.16 bits per heavy atom. The molecule has 0 aliphatic heterocycles. The van der Waals surface area contributed by atoms with Crippen LogP contribution in [0.1, 0.15) is 15.9 Å². The van der Waals surface area contributed by atoms with Gasteiger partial charge in [0.2, 0.25) is 0 Å². The van der Waals surface area contributed by atoms with Gasteiger partial charge in [-0.25, -0.2) is 9.82 Å². The largest absolute Gasteiger partial charge is 0.398 e. The summed E-state index contributed by atoms with van der Waals surface area (Å²) in [4.78, 5) is 11.7. The molecule has 0 aliphatic carbocycles. The van der Waals surface area contributed by atoms with Crippen LogP contribution in [0.3, 0.4) is 0 Å². The highest BCUT2D eigenvalue weighted by molar-refractivity contribution is 5.99. The molecule has 2 aromatic rings. The van der Waals surface area contributed by atoms with E-state index in [9.17, 15) is 9.18 Å². The van der Waals surface area contributed by atoms with Crippen molar-refractivity contribution in [3.63, 3.8) is 0 Å². The van der Waals surface area contributed by atoms with E-state index in [2.05, 4.69) is 10.5 Å². The van der Waals surface area contributed by atoms with Crippen LogP contribution in [-0.4, -0.2) is 12.1 Å². The Morgan fingerprint density at radius 3 is 2.58 bits per heavy atom. The van der Waals surface area contributed by atoms with Crippen LogP contribution in [0.15, 0.2) is 53.6 Å². The quantitative estimate of drug-likeness (QED) is 0.502. The number of hydrogen-bond acceptors (Lipinski definition) is 3. The molecule has 0 saturated carbocycles. The number of hydrazone groups is 1. The predicted molar refractivity (Wildman–Crippen MR) is 72.3 cm³/mol. The van der Waals surface area contributed by atoms with Gasteiger partial charge in [0, 0.05) is 11.3 Å². The van der Waals surface area contributed by atoms with Crippen molar-refractivity contribution < 1.29 is 9.18 Å². The van der Waals surface area contributed by atoms with Crippen LogP contribution in [0.4, 0.5) is 10.1 Å². The molecule has 0 heterocycles. The van der Waals surface area contributed by atoms with Crippen molar-refractivity contribution in [2.24, 2.45) is 5.10 Å². The van der Waals surface area contributed by atoms with Gasteiger partial charge in [-0.15, -0.1) is 0 Å². The van der Waals surface area contributed by atoms with E-state index in [-0.39, 0.29) is 0 Å². The van der Waals surface area contributed by atoms with Gasteiger partial charge < -0.3 is 5.73 Å². The molecule has 2 aromatic carbocycles. The molecule has 1 amide bonds. The zero-order valence-electron chi connectivity index (χ0n) is 10.0. The minimum Gasteiger partial charge on any atom is -0.398 e. The van der Waals surface area contributed by atoms with Gasteiger partial charge in [-0.2, -0.15) is 5.10 Å². The summed E-state index contributed by atoms with van der Waals surface area (Å²) in [5.41, 5.74) is 8.94. The van der Waals surface area contributed by atoms with Gasteiger partial charge in [0.1, 0.15) is 5.82 Å². The van der Waals surface area contributed by atoms with Crippen molar-refractivity contribution in [1.82, 2.24) is 5.43 Å². The number of rotatable bonds is 3. The maximum atomic E-state index is 13.3. The molecule has 0 fully saturated rings. The Labute approximate surface area is 109 Å². The number of benzene rings is 2. The van der Waals surface area contributed by atoms with Crippen LogP contribution in [-0.2, 0) is 0 Å². The van der Waals surface area contributed by atoms with Crippen LogP contribution in [0.5, 0.6) is 0 Å². The molecule has 0 spiro atoms. The van der Waals surface area contributed by atoms with E-state index in [0.29, 0.717) is 16.8 Å². The van der Waals surface area contributed by atoms with E-state index in [1.54, 1.807) is 42.5 Å². The van der Waals surface area contributed by atoms with Crippen LogP contribution in [0.25, 0.3) is 0 Å². The van der Waals surface area contributed by atoms with Crippen LogP contribution in [0, 0.1) is 5.82 Å². The van der Waals surface area contributed by atoms with Crippen molar-refractivity contribution in [3.05, 3.63) is 65.5 Å². The number of hydrogen-bond donors (Lipinski definition) is 2. The van der Waals surface area contributed by atoms with E-state index in [1.807, 2.05) is 0 Å². The normalized spacial score (nSPS) is 10.6. The molecule has 4 nitrogen and oxygen atoms in total. The van der Waals surface area contributed by atoms with Crippen LogP contribution < -0.4 is 11.2 Å². The second-order valence-corrected chi connectivity index (χ2v) is 3.81. The second kappa shape index (κ2) is 5.77. The number of carbonyl (C=O) groups is 1. The Balaban J connectivity index is 2.06. The molecule has 0 aliphatic rings. The number of nitrogens with two attached hydrogens (primary N) is 1. The van der Waals surface area contributed by atoms with Gasteiger partial charge in [-0.3, -0.25) is 4.79 Å². The Hall–Kier alpha value is -2.69. The lowest BCUT2D eigenvalue weighted by Crippen LogP contribution is -2.19. The fourth-order valence-electron chi connectivity index (χ4n) is 1.50. The predicted octanol–water partition coefficient (Wildman–Crippen LogP) is 2.17. The lowest BCUT2D eigenvalue weighted by Gasteiger charge is -2.02. The first kappa shape index (κ1) is 12.8. The summed E-state index contributed by atoms with van der Waals surface area (Å²) >= 11 is 0. The Kier molecular flexibility index (Phi) is 3.87. The molecule has 96 valence electrons. The smallest absolute Gasteiger partial charge is 0.273 e. The number of nitrogen functional groups attached to an aromatic ring is 1. The van der Waals surface area contributed by atoms with Gasteiger partial charge >= 0.3 is 0 Å². The summed E-state index contributed by atoms with van der Waals surface area (Å²) < 4.78 is 13.3. The van der Waals surface area contributed by atoms with Gasteiger partial charge in [0.25, 0.3) is 5.91 Å². The summed E-state index contributed by atoms with van der Waals surface area (Å²) in [7, 11) is 0.